The van der Waals surface area contributed by atoms with E-state index >= 15 is 0 Å². The van der Waals surface area contributed by atoms with Gasteiger partial charge in [-0.05, 0) is 149 Å². The standard InChI is InChI=1S/C40H52N6O8.C35H44N6O6/c1-24(2)34(45-38(51)54-40(3,4)5)36(49)44-33(16-11-19-42-37(41)50)35(48)43-27-18-17-25(22-47)26(20-27)21-46(6)39(52)53-23-32-30-14-9-7-12-28(30)29-13-8-10-15-31(29)32;1-21(2)31(36)33(44)40-30(13-8-16-38-34(37)45)32(43)39-24-15-14-22(19-42)23(17-24)18-41(3)35(46)47-20-29-27-11-6-4-9-25(27)26-10-5-7-12-28(26)29/h7-10,12-15,17-18,20,24,32-34,47H,11,16,19,21-23H2,1-6H3,(H,43,48)(H,44,49)(H,45,51)(H3,41,42,50);4-7,9-12,14-15,17,21,29-31,42H,8,13,16,18-20,36H2,1-3H3,(H,39,43)(H,40,44)(H3,37,38,45)/t33-,34-;30-,31-/m00/s1. The second-order valence-electron chi connectivity index (χ2n) is 26.7. The predicted molar refractivity (Wildman–Crippen MR) is 383 cm³/mol. The first-order chi connectivity index (χ1) is 48.1. The number of nitrogens with one attached hydrogen (secondary N) is 7. The molecule has 540 valence electrons. The van der Waals surface area contributed by atoms with Crippen molar-refractivity contribution in [2.45, 2.75) is 142 Å². The quantitative estimate of drug-likeness (QED) is 0.0155. The lowest BCUT2D eigenvalue weighted by Gasteiger charge is -2.27. The molecule has 0 aliphatic heterocycles. The molecule has 11 amide bonds. The van der Waals surface area contributed by atoms with E-state index in [1.807, 2.05) is 60.7 Å². The number of benzene rings is 6. The third-order valence-electron chi connectivity index (χ3n) is 17.2. The van der Waals surface area contributed by atoms with Gasteiger partial charge in [0.05, 0.1) is 19.3 Å². The highest BCUT2D eigenvalue weighted by atomic mass is 16.6. The maximum absolute atomic E-state index is 13.7. The summed E-state index contributed by atoms with van der Waals surface area (Å²) in [5, 5.41) is 38.7. The minimum absolute atomic E-state index is 0.0711. The number of hydrogen-bond acceptors (Lipinski definition) is 15. The van der Waals surface area contributed by atoms with Crippen molar-refractivity contribution < 1.29 is 67.6 Å². The number of anilines is 2. The van der Waals surface area contributed by atoms with Crippen LogP contribution in [0.4, 0.5) is 35.3 Å². The number of primary amides is 2. The molecule has 8 rings (SSSR count). The molecule has 0 bridgehead atoms. The van der Waals surface area contributed by atoms with Gasteiger partial charge < -0.3 is 88.6 Å². The van der Waals surface area contributed by atoms with E-state index in [2.05, 4.69) is 73.6 Å². The molecule has 4 atom stereocenters. The Morgan fingerprint density at radius 2 is 0.861 bits per heavy atom. The van der Waals surface area contributed by atoms with E-state index in [0.29, 0.717) is 46.5 Å². The van der Waals surface area contributed by atoms with E-state index in [-0.39, 0.29) is 89.1 Å². The average molecular weight is 1390 g/mol. The van der Waals surface area contributed by atoms with E-state index in [1.54, 1.807) is 99.0 Å². The highest BCUT2D eigenvalue weighted by molar-refractivity contribution is 5.99. The number of urea groups is 2. The van der Waals surface area contributed by atoms with Crippen molar-refractivity contribution in [2.75, 3.05) is 51.0 Å². The van der Waals surface area contributed by atoms with Gasteiger partial charge in [-0.25, -0.2) is 24.0 Å². The number of fused-ring (bicyclic) bond motifs is 6. The summed E-state index contributed by atoms with van der Waals surface area (Å²) < 4.78 is 16.9. The molecule has 0 saturated carbocycles. The summed E-state index contributed by atoms with van der Waals surface area (Å²) in [7, 11) is 3.20. The van der Waals surface area contributed by atoms with Crippen molar-refractivity contribution in [2.24, 2.45) is 29.0 Å². The number of hydrogen-bond donors (Lipinski definition) is 12. The topological polar surface area (TPSA) is 391 Å². The van der Waals surface area contributed by atoms with Crippen molar-refractivity contribution in [3.63, 3.8) is 0 Å². The molecular weight excluding hydrogens is 1290 g/mol. The molecule has 101 heavy (non-hydrogen) atoms. The van der Waals surface area contributed by atoms with Gasteiger partial charge in [-0.3, -0.25) is 19.2 Å². The Labute approximate surface area is 589 Å². The Morgan fingerprint density at radius 3 is 1.20 bits per heavy atom. The zero-order chi connectivity index (χ0) is 73.7. The number of nitrogens with two attached hydrogens (primary N) is 3. The highest BCUT2D eigenvalue weighted by Gasteiger charge is 2.34. The molecule has 15 N–H and O–H groups in total. The Morgan fingerprint density at radius 1 is 0.495 bits per heavy atom. The van der Waals surface area contributed by atoms with Crippen LogP contribution in [0, 0.1) is 11.8 Å². The van der Waals surface area contributed by atoms with E-state index < -0.39 is 83.7 Å². The molecule has 26 heteroatoms. The van der Waals surface area contributed by atoms with Gasteiger partial charge in [0, 0.05) is 63.5 Å². The van der Waals surface area contributed by atoms with Gasteiger partial charge in [0.2, 0.25) is 23.6 Å². The monoisotopic (exact) mass is 1390 g/mol. The number of carbonyl (C=O) groups is 9. The van der Waals surface area contributed by atoms with E-state index in [4.69, 9.17) is 31.4 Å². The molecule has 6 aromatic carbocycles. The smallest absolute Gasteiger partial charge is 0.409 e. The molecule has 0 radical (unpaired) electrons. The summed E-state index contributed by atoms with van der Waals surface area (Å²) in [6.45, 7) is 12.5. The van der Waals surface area contributed by atoms with E-state index in [0.717, 1.165) is 44.5 Å². The second-order valence-corrected chi connectivity index (χ2v) is 26.7. The van der Waals surface area contributed by atoms with Gasteiger partial charge in [-0.1, -0.05) is 137 Å². The minimum Gasteiger partial charge on any atom is -0.448 e. The first-order valence-electron chi connectivity index (χ1n) is 33.7. The van der Waals surface area contributed by atoms with Crippen molar-refractivity contribution in [1.29, 1.82) is 0 Å². The normalized spacial score (nSPS) is 13.2. The Kier molecular flexibility index (Phi) is 28.1. The number of aliphatic hydroxyl groups is 2. The molecule has 2 aliphatic rings. The Bertz CT molecular complexity index is 3820. The second kappa shape index (κ2) is 36.5. The van der Waals surface area contributed by atoms with Crippen molar-refractivity contribution in [3.8, 4) is 22.3 Å². The molecule has 0 unspecified atom stereocenters. The van der Waals surface area contributed by atoms with Gasteiger partial charge in [0.15, 0.2) is 0 Å². The summed E-state index contributed by atoms with van der Waals surface area (Å²) in [4.78, 5) is 117. The van der Waals surface area contributed by atoms with Crippen molar-refractivity contribution in [3.05, 3.63) is 178 Å². The van der Waals surface area contributed by atoms with Crippen LogP contribution in [0.1, 0.15) is 130 Å². The minimum atomic E-state index is -1.07. The van der Waals surface area contributed by atoms with Crippen LogP contribution in [-0.4, -0.2) is 144 Å². The van der Waals surface area contributed by atoms with Gasteiger partial charge in [-0.15, -0.1) is 0 Å². The van der Waals surface area contributed by atoms with Gasteiger partial charge in [0.1, 0.15) is 36.9 Å². The molecular formula is C75H96N12O14. The predicted octanol–water partition coefficient (Wildman–Crippen LogP) is 8.40. The first kappa shape index (κ1) is 77.8. The molecule has 2 aliphatic carbocycles. The zero-order valence-electron chi connectivity index (χ0n) is 58.7. The first-order valence-corrected chi connectivity index (χ1v) is 33.7. The molecule has 0 spiro atoms. The van der Waals surface area contributed by atoms with Crippen molar-refractivity contribution in [1.82, 2.24) is 36.4 Å². The Balaban J connectivity index is 0.000000286. The number of nitrogens with zero attached hydrogens (tertiary/aromatic N) is 2. The summed E-state index contributed by atoms with van der Waals surface area (Å²) in [5.41, 5.74) is 27.5. The Hall–Kier alpha value is -10.6. The van der Waals surface area contributed by atoms with Crippen LogP contribution < -0.4 is 54.4 Å². The summed E-state index contributed by atoms with van der Waals surface area (Å²) in [5.74, 6) is -2.79. The molecule has 0 aromatic heterocycles. The maximum Gasteiger partial charge on any atom is 0.409 e. The molecule has 0 heterocycles. The largest absolute Gasteiger partial charge is 0.448 e. The highest BCUT2D eigenvalue weighted by Crippen LogP contribution is 2.46. The van der Waals surface area contributed by atoms with Crippen LogP contribution in [0.3, 0.4) is 0 Å². The number of aliphatic hydroxyl groups excluding tert-OH is 2. The van der Waals surface area contributed by atoms with Gasteiger partial charge in [-0.2, -0.15) is 0 Å². The lowest BCUT2D eigenvalue weighted by atomic mass is 9.98. The SMILES string of the molecule is CC(C)[C@H](N)C(=O)N[C@@H](CCCNC(N)=O)C(=O)Nc1ccc(CO)c(CN(C)C(=O)OCC2c3ccccc3-c3ccccc32)c1.CC(C)[C@H](NC(=O)OC(C)(C)C)C(=O)N[C@@H](CCCNC(N)=O)C(=O)Nc1ccc(CO)c(CN(C)C(=O)OCC2c3ccccc3-c3ccccc32)c1. The number of alkyl carbamates (subject to hydrolysis) is 1. The van der Waals surface area contributed by atoms with Crippen LogP contribution in [-0.2, 0) is 59.7 Å². The fourth-order valence-electron chi connectivity index (χ4n) is 11.9. The average Bonchev–Trinajstić information content (AvgIpc) is 1.64. The fraction of sp³-hybridized carbons (Fsp3) is 0.400. The third-order valence-corrected chi connectivity index (χ3v) is 17.2. The number of amides is 11. The summed E-state index contributed by atoms with van der Waals surface area (Å²) in [6.07, 6.45) is -0.843. The van der Waals surface area contributed by atoms with Crippen LogP contribution in [0.5, 0.6) is 0 Å². The molecule has 26 nitrogen and oxygen atoms in total. The molecule has 0 saturated heterocycles. The fourth-order valence-corrected chi connectivity index (χ4v) is 11.9. The van der Waals surface area contributed by atoms with Crippen LogP contribution >= 0.6 is 0 Å². The third kappa shape index (κ3) is 22.0. The molecule has 6 aromatic rings. The summed E-state index contributed by atoms with van der Waals surface area (Å²) in [6, 6.07) is 36.9. The number of ether oxygens (including phenoxy) is 3. The van der Waals surface area contributed by atoms with Crippen molar-refractivity contribution >= 4 is 65.3 Å². The number of carbonyl (C=O) groups excluding carboxylic acids is 9. The number of rotatable bonds is 29. The van der Waals surface area contributed by atoms with Gasteiger partial charge in [0.25, 0.3) is 0 Å². The zero-order valence-corrected chi connectivity index (χ0v) is 58.7. The summed E-state index contributed by atoms with van der Waals surface area (Å²) >= 11 is 0. The maximum atomic E-state index is 13.7. The van der Waals surface area contributed by atoms with Gasteiger partial charge >= 0.3 is 30.3 Å². The van der Waals surface area contributed by atoms with E-state index in [9.17, 15) is 53.4 Å². The van der Waals surface area contributed by atoms with Crippen LogP contribution in [0.2, 0.25) is 0 Å². The van der Waals surface area contributed by atoms with Crippen LogP contribution in [0.25, 0.3) is 22.3 Å². The van der Waals surface area contributed by atoms with Crippen LogP contribution in [0.15, 0.2) is 133 Å². The lowest BCUT2D eigenvalue weighted by Crippen LogP contribution is -2.55. The lowest BCUT2D eigenvalue weighted by molar-refractivity contribution is -0.128. The molecule has 0 fully saturated rings. The van der Waals surface area contributed by atoms with E-state index in [1.165, 1.54) is 9.80 Å².